The number of carbonyl (C=O) groups is 1. The third kappa shape index (κ3) is 4.19. The molecule has 0 saturated carbocycles. The second-order valence-corrected chi connectivity index (χ2v) is 5.76. The summed E-state index contributed by atoms with van der Waals surface area (Å²) in [7, 11) is 0. The van der Waals surface area contributed by atoms with Gasteiger partial charge in [0.25, 0.3) is 0 Å². The second kappa shape index (κ2) is 6.91. The van der Waals surface area contributed by atoms with Crippen molar-refractivity contribution in [3.63, 3.8) is 0 Å². The molecule has 116 valence electrons. The molecular formula is C16H25N3O2. The summed E-state index contributed by atoms with van der Waals surface area (Å²) in [5.41, 5.74) is 8.23. The van der Waals surface area contributed by atoms with Gasteiger partial charge in [-0.1, -0.05) is 6.92 Å². The van der Waals surface area contributed by atoms with E-state index in [0.29, 0.717) is 24.9 Å². The fraction of sp³-hybridized carbons (Fsp3) is 0.562. The molecule has 1 saturated heterocycles. The van der Waals surface area contributed by atoms with E-state index in [9.17, 15) is 4.79 Å². The Hall–Kier alpha value is -1.59. The third-order valence-corrected chi connectivity index (χ3v) is 3.92. The summed E-state index contributed by atoms with van der Waals surface area (Å²) in [6.07, 6.45) is 1.17. The highest BCUT2D eigenvalue weighted by Crippen LogP contribution is 2.18. The van der Waals surface area contributed by atoms with Crippen LogP contribution in [0.3, 0.4) is 0 Å². The van der Waals surface area contributed by atoms with Gasteiger partial charge in [-0.15, -0.1) is 0 Å². The van der Waals surface area contributed by atoms with Gasteiger partial charge in [-0.25, -0.2) is 0 Å². The van der Waals surface area contributed by atoms with E-state index in [4.69, 9.17) is 10.5 Å². The lowest BCUT2D eigenvalue weighted by atomic mass is 10.1. The number of nitrogens with one attached hydrogen (secondary N) is 1. The molecule has 5 heteroatoms. The largest absolute Gasteiger partial charge is 0.399 e. The Morgan fingerprint density at radius 1 is 1.52 bits per heavy atom. The number of rotatable bonds is 4. The van der Waals surface area contributed by atoms with E-state index < -0.39 is 0 Å². The summed E-state index contributed by atoms with van der Waals surface area (Å²) in [5, 5.41) is 2.97. The summed E-state index contributed by atoms with van der Waals surface area (Å²) in [6, 6.07) is 5.83. The topological polar surface area (TPSA) is 67.6 Å². The Morgan fingerprint density at radius 3 is 2.95 bits per heavy atom. The number of hydrogen-bond donors (Lipinski definition) is 2. The van der Waals surface area contributed by atoms with Crippen molar-refractivity contribution in [3.8, 4) is 0 Å². The Bertz CT molecular complexity index is 504. The van der Waals surface area contributed by atoms with Gasteiger partial charge in [0, 0.05) is 24.0 Å². The smallest absolute Gasteiger partial charge is 0.238 e. The predicted octanol–water partition coefficient (Wildman–Crippen LogP) is 2.02. The van der Waals surface area contributed by atoms with Gasteiger partial charge >= 0.3 is 0 Å². The molecule has 5 nitrogen and oxygen atoms in total. The van der Waals surface area contributed by atoms with Crippen molar-refractivity contribution in [2.45, 2.75) is 39.3 Å². The van der Waals surface area contributed by atoms with Gasteiger partial charge in [-0.2, -0.15) is 0 Å². The molecule has 0 bridgehead atoms. The van der Waals surface area contributed by atoms with E-state index in [0.717, 1.165) is 24.2 Å². The molecule has 0 aliphatic carbocycles. The lowest BCUT2D eigenvalue weighted by Crippen LogP contribution is -2.51. The van der Waals surface area contributed by atoms with Gasteiger partial charge in [-0.3, -0.25) is 9.69 Å². The standard InChI is InChI=1S/C16H25N3O2/c1-4-14-10-21-12(3)8-19(14)9-16(20)18-15-6-5-13(17)7-11(15)2/h5-7,12,14H,4,8-10,17H2,1-3H3,(H,18,20). The Balaban J connectivity index is 1.97. The van der Waals surface area contributed by atoms with Crippen molar-refractivity contribution in [1.82, 2.24) is 4.90 Å². The molecule has 2 atom stereocenters. The Labute approximate surface area is 126 Å². The number of anilines is 2. The average molecular weight is 291 g/mol. The minimum Gasteiger partial charge on any atom is -0.399 e. The minimum absolute atomic E-state index is 0.00965. The molecule has 2 rings (SSSR count). The normalized spacial score (nSPS) is 23.0. The first-order chi connectivity index (χ1) is 9.99. The molecule has 1 amide bonds. The predicted molar refractivity (Wildman–Crippen MR) is 85.3 cm³/mol. The zero-order valence-electron chi connectivity index (χ0n) is 13.1. The van der Waals surface area contributed by atoms with Crippen molar-refractivity contribution in [2.24, 2.45) is 0 Å². The highest BCUT2D eigenvalue weighted by atomic mass is 16.5. The zero-order chi connectivity index (χ0) is 15.4. The molecule has 3 N–H and O–H groups in total. The molecule has 1 aliphatic heterocycles. The van der Waals surface area contributed by atoms with E-state index in [1.807, 2.05) is 26.0 Å². The maximum absolute atomic E-state index is 12.3. The van der Waals surface area contributed by atoms with Crippen LogP contribution in [0, 0.1) is 6.92 Å². The van der Waals surface area contributed by atoms with Gasteiger partial charge in [0.15, 0.2) is 0 Å². The van der Waals surface area contributed by atoms with Crippen LogP contribution < -0.4 is 11.1 Å². The number of morpholine rings is 1. The third-order valence-electron chi connectivity index (χ3n) is 3.92. The van der Waals surface area contributed by atoms with Crippen molar-refractivity contribution >= 4 is 17.3 Å². The van der Waals surface area contributed by atoms with Crippen LogP contribution in [0.4, 0.5) is 11.4 Å². The fourth-order valence-electron chi connectivity index (χ4n) is 2.68. The SMILES string of the molecule is CCC1COC(C)CN1CC(=O)Nc1ccc(N)cc1C. The summed E-state index contributed by atoms with van der Waals surface area (Å²) in [6.45, 7) is 8.01. The van der Waals surface area contributed by atoms with Crippen LogP contribution in [0.25, 0.3) is 0 Å². The fourth-order valence-corrected chi connectivity index (χ4v) is 2.68. The van der Waals surface area contributed by atoms with E-state index >= 15 is 0 Å². The van der Waals surface area contributed by atoms with Crippen molar-refractivity contribution in [3.05, 3.63) is 23.8 Å². The molecular weight excluding hydrogens is 266 g/mol. The van der Waals surface area contributed by atoms with E-state index in [2.05, 4.69) is 17.1 Å². The lowest BCUT2D eigenvalue weighted by molar-refractivity contribution is -0.121. The molecule has 21 heavy (non-hydrogen) atoms. The first-order valence-corrected chi connectivity index (χ1v) is 7.51. The summed E-state index contributed by atoms with van der Waals surface area (Å²) in [4.78, 5) is 14.5. The molecule has 0 spiro atoms. The Kier molecular flexibility index (Phi) is 5.20. The maximum atomic E-state index is 12.3. The molecule has 0 radical (unpaired) electrons. The van der Waals surface area contributed by atoms with Crippen molar-refractivity contribution < 1.29 is 9.53 Å². The Morgan fingerprint density at radius 2 is 2.29 bits per heavy atom. The van der Waals surface area contributed by atoms with Crippen molar-refractivity contribution in [2.75, 3.05) is 30.7 Å². The first kappa shape index (κ1) is 15.8. The van der Waals surface area contributed by atoms with Gasteiger partial charge < -0.3 is 15.8 Å². The number of nitrogens with zero attached hydrogens (tertiary/aromatic N) is 1. The maximum Gasteiger partial charge on any atom is 0.238 e. The molecule has 1 fully saturated rings. The lowest BCUT2D eigenvalue weighted by Gasteiger charge is -2.37. The monoisotopic (exact) mass is 291 g/mol. The number of nitrogen functional groups attached to an aromatic ring is 1. The second-order valence-electron chi connectivity index (χ2n) is 5.76. The van der Waals surface area contributed by atoms with Crippen LogP contribution in [-0.2, 0) is 9.53 Å². The van der Waals surface area contributed by atoms with Crippen LogP contribution in [-0.4, -0.2) is 42.6 Å². The van der Waals surface area contributed by atoms with Crippen LogP contribution in [0.2, 0.25) is 0 Å². The van der Waals surface area contributed by atoms with E-state index in [-0.39, 0.29) is 12.0 Å². The molecule has 1 aromatic rings. The number of aryl methyl sites for hydroxylation is 1. The number of benzene rings is 1. The van der Waals surface area contributed by atoms with Crippen LogP contribution in [0.1, 0.15) is 25.8 Å². The number of ether oxygens (including phenoxy) is 1. The quantitative estimate of drug-likeness (QED) is 0.833. The number of amides is 1. The highest BCUT2D eigenvalue weighted by molar-refractivity contribution is 5.93. The summed E-state index contributed by atoms with van der Waals surface area (Å²) < 4.78 is 5.66. The molecule has 0 aromatic heterocycles. The average Bonchev–Trinajstić information content (AvgIpc) is 2.42. The van der Waals surface area contributed by atoms with Crippen LogP contribution >= 0.6 is 0 Å². The first-order valence-electron chi connectivity index (χ1n) is 7.51. The number of nitrogens with two attached hydrogens (primary N) is 1. The van der Waals surface area contributed by atoms with Gasteiger partial charge in [0.2, 0.25) is 5.91 Å². The van der Waals surface area contributed by atoms with Crippen LogP contribution in [0.5, 0.6) is 0 Å². The number of carbonyl (C=O) groups excluding carboxylic acids is 1. The van der Waals surface area contributed by atoms with Gasteiger partial charge in [-0.05, 0) is 44.0 Å². The molecule has 2 unspecified atom stereocenters. The summed E-state index contributed by atoms with van der Waals surface area (Å²) >= 11 is 0. The number of hydrogen-bond acceptors (Lipinski definition) is 4. The van der Waals surface area contributed by atoms with Gasteiger partial charge in [0.05, 0.1) is 19.3 Å². The highest BCUT2D eigenvalue weighted by Gasteiger charge is 2.27. The van der Waals surface area contributed by atoms with E-state index in [1.165, 1.54) is 0 Å². The van der Waals surface area contributed by atoms with Crippen LogP contribution in [0.15, 0.2) is 18.2 Å². The summed E-state index contributed by atoms with van der Waals surface area (Å²) in [5.74, 6) is 0.00965. The molecule has 1 aliphatic rings. The van der Waals surface area contributed by atoms with Gasteiger partial charge in [0.1, 0.15) is 0 Å². The zero-order valence-corrected chi connectivity index (χ0v) is 13.1. The van der Waals surface area contributed by atoms with E-state index in [1.54, 1.807) is 6.07 Å². The van der Waals surface area contributed by atoms with Crippen molar-refractivity contribution in [1.29, 1.82) is 0 Å². The molecule has 1 heterocycles. The molecule has 1 aromatic carbocycles. The minimum atomic E-state index is 0.00965.